The number of ether oxygens (including phenoxy) is 1. The fourth-order valence-corrected chi connectivity index (χ4v) is 0.827. The number of primary amides is 1. The molecule has 15 heavy (non-hydrogen) atoms. The minimum atomic E-state index is -0.716. The molecule has 1 amide bonds. The number of carbonyl (C=O) groups is 2. The van der Waals surface area contributed by atoms with Gasteiger partial charge < -0.3 is 10.5 Å². The van der Waals surface area contributed by atoms with Crippen molar-refractivity contribution < 1.29 is 14.3 Å². The second kappa shape index (κ2) is 4.77. The summed E-state index contributed by atoms with van der Waals surface area (Å²) in [6.07, 6.45) is 1.36. The molecule has 0 atom stereocenters. The lowest BCUT2D eigenvalue weighted by Crippen LogP contribution is -2.06. The Labute approximate surface area is 86.3 Å². The lowest BCUT2D eigenvalue weighted by atomic mass is 10.2. The number of amides is 1. The molecule has 0 aliphatic heterocycles. The van der Waals surface area contributed by atoms with Crippen molar-refractivity contribution in [2.24, 2.45) is 5.73 Å². The fraction of sp³-hybridized carbons (Fsp3) is 0.100. The zero-order chi connectivity index (χ0) is 11.3. The van der Waals surface area contributed by atoms with E-state index < -0.39 is 11.9 Å². The molecule has 76 valence electrons. The van der Waals surface area contributed by atoms with E-state index in [9.17, 15) is 9.59 Å². The maximum atomic E-state index is 11.0. The summed E-state index contributed by atoms with van der Waals surface area (Å²) in [7, 11) is 1.27. The third kappa shape index (κ3) is 3.12. The van der Waals surface area contributed by atoms with Gasteiger partial charge >= 0.3 is 5.97 Å². The van der Waals surface area contributed by atoms with Gasteiger partial charge in [-0.05, 0) is 12.1 Å². The van der Waals surface area contributed by atoms with E-state index in [1.807, 2.05) is 0 Å². The van der Waals surface area contributed by atoms with Crippen LogP contribution in [0.2, 0.25) is 0 Å². The topological polar surface area (TPSA) is 82.3 Å². The Morgan fingerprint density at radius 1 is 1.47 bits per heavy atom. The summed E-state index contributed by atoms with van der Waals surface area (Å²) in [5.74, 6) is 3.41. The molecule has 0 unspecified atom stereocenters. The molecular formula is C10H8N2O3. The van der Waals surface area contributed by atoms with Crippen LogP contribution in [0.3, 0.4) is 0 Å². The summed E-state index contributed by atoms with van der Waals surface area (Å²) in [4.78, 5) is 25.1. The van der Waals surface area contributed by atoms with E-state index in [0.717, 1.165) is 0 Å². The third-order valence-corrected chi connectivity index (χ3v) is 1.49. The van der Waals surface area contributed by atoms with Gasteiger partial charge in [-0.1, -0.05) is 5.92 Å². The highest BCUT2D eigenvalue weighted by atomic mass is 16.5. The van der Waals surface area contributed by atoms with Gasteiger partial charge in [0.25, 0.3) is 5.91 Å². The van der Waals surface area contributed by atoms with Crippen LogP contribution < -0.4 is 5.73 Å². The normalized spacial score (nSPS) is 8.60. The number of hydrogen-bond donors (Lipinski definition) is 1. The lowest BCUT2D eigenvalue weighted by Gasteiger charge is -1.96. The molecular weight excluding hydrogens is 196 g/mol. The zero-order valence-electron chi connectivity index (χ0n) is 7.98. The van der Waals surface area contributed by atoms with E-state index in [-0.39, 0.29) is 5.69 Å². The van der Waals surface area contributed by atoms with Crippen LogP contribution in [-0.2, 0) is 9.53 Å². The van der Waals surface area contributed by atoms with Crippen LogP contribution in [0.5, 0.6) is 0 Å². The molecule has 1 aromatic heterocycles. The molecule has 1 aromatic rings. The Kier molecular flexibility index (Phi) is 3.41. The molecule has 0 fully saturated rings. The van der Waals surface area contributed by atoms with Crippen molar-refractivity contribution in [1.82, 2.24) is 4.98 Å². The van der Waals surface area contributed by atoms with Gasteiger partial charge in [0.1, 0.15) is 5.69 Å². The summed E-state index contributed by atoms with van der Waals surface area (Å²) >= 11 is 0. The quantitative estimate of drug-likeness (QED) is 0.503. The molecule has 2 N–H and O–H groups in total. The van der Waals surface area contributed by atoms with Crippen LogP contribution in [0.15, 0.2) is 18.3 Å². The van der Waals surface area contributed by atoms with Gasteiger partial charge in [0, 0.05) is 17.7 Å². The number of hydrogen-bond acceptors (Lipinski definition) is 4. The molecule has 1 heterocycles. The summed E-state index contributed by atoms with van der Waals surface area (Å²) < 4.78 is 4.46. The van der Waals surface area contributed by atoms with E-state index in [2.05, 4.69) is 21.6 Å². The van der Waals surface area contributed by atoms with Gasteiger partial charge in [0.2, 0.25) is 0 Å². The van der Waals surface area contributed by atoms with Crippen LogP contribution in [0.25, 0.3) is 0 Å². The number of esters is 1. The van der Waals surface area contributed by atoms with E-state index in [4.69, 9.17) is 5.73 Å². The molecule has 0 radical (unpaired) electrons. The van der Waals surface area contributed by atoms with Gasteiger partial charge in [-0.25, -0.2) is 9.78 Å². The van der Waals surface area contributed by atoms with Gasteiger partial charge in [-0.3, -0.25) is 4.79 Å². The summed E-state index contributed by atoms with van der Waals surface area (Å²) in [5.41, 5.74) is 5.52. The van der Waals surface area contributed by atoms with Crippen molar-refractivity contribution in [3.8, 4) is 11.8 Å². The van der Waals surface area contributed by atoms with Crippen LogP contribution >= 0.6 is 0 Å². The number of nitrogens with two attached hydrogens (primary N) is 1. The van der Waals surface area contributed by atoms with E-state index in [1.165, 1.54) is 19.4 Å². The smallest absolute Gasteiger partial charge is 0.356 e. The minimum Gasteiger partial charge on any atom is -0.464 e. The Hall–Kier alpha value is -2.35. The van der Waals surface area contributed by atoms with Crippen molar-refractivity contribution in [3.63, 3.8) is 0 Å². The van der Waals surface area contributed by atoms with Gasteiger partial charge in [0.15, 0.2) is 0 Å². The standard InChI is InChI=1S/C10H8N2O3/c1-15-10(14)8-4-2-7(6-12-8)3-5-9(11)13/h2,4,6H,1H3,(H2,11,13). The predicted molar refractivity (Wildman–Crippen MR) is 51.6 cm³/mol. The Morgan fingerprint density at radius 3 is 2.67 bits per heavy atom. The summed E-state index contributed by atoms with van der Waals surface area (Å²) in [5, 5.41) is 0. The van der Waals surface area contributed by atoms with Crippen molar-refractivity contribution in [2.45, 2.75) is 0 Å². The van der Waals surface area contributed by atoms with Crippen LogP contribution in [0, 0.1) is 11.8 Å². The third-order valence-electron chi connectivity index (χ3n) is 1.49. The van der Waals surface area contributed by atoms with Crippen molar-refractivity contribution in [1.29, 1.82) is 0 Å². The second-order valence-electron chi connectivity index (χ2n) is 2.54. The molecule has 0 aromatic carbocycles. The first-order valence-corrected chi connectivity index (χ1v) is 3.99. The van der Waals surface area contributed by atoms with Gasteiger partial charge in [-0.15, -0.1) is 0 Å². The monoisotopic (exact) mass is 204 g/mol. The zero-order valence-corrected chi connectivity index (χ0v) is 7.98. The molecule has 0 bridgehead atoms. The highest BCUT2D eigenvalue weighted by Gasteiger charge is 2.04. The van der Waals surface area contributed by atoms with Crippen LogP contribution in [0.4, 0.5) is 0 Å². The molecule has 0 saturated heterocycles. The van der Waals surface area contributed by atoms with Gasteiger partial charge in [0.05, 0.1) is 7.11 Å². The Morgan fingerprint density at radius 2 is 2.20 bits per heavy atom. The average molecular weight is 204 g/mol. The first-order valence-electron chi connectivity index (χ1n) is 3.99. The number of aromatic nitrogens is 1. The van der Waals surface area contributed by atoms with Crippen LogP contribution in [0.1, 0.15) is 16.1 Å². The highest BCUT2D eigenvalue weighted by molar-refractivity contribution is 5.92. The highest BCUT2D eigenvalue weighted by Crippen LogP contribution is 1.99. The summed E-state index contributed by atoms with van der Waals surface area (Å²) in [6.45, 7) is 0. The van der Waals surface area contributed by atoms with Crippen LogP contribution in [-0.4, -0.2) is 24.0 Å². The number of pyridine rings is 1. The number of rotatable bonds is 1. The van der Waals surface area contributed by atoms with Crippen molar-refractivity contribution in [2.75, 3.05) is 7.11 Å². The predicted octanol–water partition coefficient (Wildman–Crippen LogP) is -0.295. The van der Waals surface area contributed by atoms with E-state index in [0.29, 0.717) is 5.56 Å². The first-order chi connectivity index (χ1) is 7.13. The molecule has 0 aliphatic rings. The first kappa shape index (κ1) is 10.7. The number of methoxy groups -OCH3 is 1. The lowest BCUT2D eigenvalue weighted by molar-refractivity contribution is -0.112. The molecule has 1 rings (SSSR count). The summed E-state index contributed by atoms with van der Waals surface area (Å²) in [6, 6.07) is 3.01. The van der Waals surface area contributed by atoms with Crippen molar-refractivity contribution >= 4 is 11.9 Å². The molecule has 5 heteroatoms. The largest absolute Gasteiger partial charge is 0.464 e. The van der Waals surface area contributed by atoms with Gasteiger partial charge in [-0.2, -0.15) is 0 Å². The Bertz CT molecular complexity index is 440. The molecule has 5 nitrogen and oxygen atoms in total. The second-order valence-corrected chi connectivity index (χ2v) is 2.54. The Balaban J connectivity index is 2.87. The minimum absolute atomic E-state index is 0.183. The molecule has 0 aliphatic carbocycles. The molecule has 0 spiro atoms. The van der Waals surface area contributed by atoms with E-state index >= 15 is 0 Å². The average Bonchev–Trinajstić information content (AvgIpc) is 2.26. The maximum Gasteiger partial charge on any atom is 0.356 e. The number of carbonyl (C=O) groups excluding carboxylic acids is 2. The fourth-order valence-electron chi connectivity index (χ4n) is 0.827. The molecule has 0 saturated carbocycles. The van der Waals surface area contributed by atoms with E-state index in [1.54, 1.807) is 6.07 Å². The SMILES string of the molecule is COC(=O)c1ccc(C#CC(N)=O)cn1. The maximum absolute atomic E-state index is 11.0. The van der Waals surface area contributed by atoms with Crippen molar-refractivity contribution in [3.05, 3.63) is 29.6 Å². The number of nitrogens with zero attached hydrogens (tertiary/aromatic N) is 1.